The second kappa shape index (κ2) is 8.54. The van der Waals surface area contributed by atoms with Crippen molar-refractivity contribution in [3.05, 3.63) is 0 Å². The predicted molar refractivity (Wildman–Crippen MR) is 55.4 cm³/mol. The molecule has 0 saturated heterocycles. The first-order chi connectivity index (χ1) is 5.31. The summed E-state index contributed by atoms with van der Waals surface area (Å²) in [5.74, 6) is 0. The van der Waals surface area contributed by atoms with Crippen LogP contribution in [0.4, 0.5) is 0 Å². The van der Waals surface area contributed by atoms with Gasteiger partial charge in [0.25, 0.3) is 0 Å². The molecule has 0 spiro atoms. The number of halogens is 1. The Balaban J connectivity index is 2.89. The molecule has 0 radical (unpaired) electrons. The van der Waals surface area contributed by atoms with Gasteiger partial charge in [-0.2, -0.15) is 0 Å². The first kappa shape index (κ1) is 11.4. The van der Waals surface area contributed by atoms with Gasteiger partial charge in [0.15, 0.2) is 0 Å². The average molecular weight is 222 g/mol. The van der Waals surface area contributed by atoms with Gasteiger partial charge in [0.1, 0.15) is 0 Å². The molecule has 1 unspecified atom stereocenters. The van der Waals surface area contributed by atoms with E-state index in [2.05, 4.69) is 35.1 Å². The number of hydrogen-bond acceptors (Lipinski definition) is 1. The topological polar surface area (TPSA) is 12.0 Å². The number of hydrogen-bond donors (Lipinski definition) is 1. The lowest BCUT2D eigenvalue weighted by Gasteiger charge is -2.10. The smallest absolute Gasteiger partial charge is 0.00360 e. The highest BCUT2D eigenvalue weighted by Crippen LogP contribution is 1.97. The van der Waals surface area contributed by atoms with E-state index in [0.717, 1.165) is 5.33 Å². The van der Waals surface area contributed by atoms with Crippen LogP contribution in [0, 0.1) is 0 Å². The Bertz CT molecular complexity index is 76.0. The van der Waals surface area contributed by atoms with Crippen molar-refractivity contribution in [3.63, 3.8) is 0 Å². The van der Waals surface area contributed by atoms with Crippen LogP contribution >= 0.6 is 15.9 Å². The number of unbranched alkanes of at least 4 members (excludes halogenated alkanes) is 2. The summed E-state index contributed by atoms with van der Waals surface area (Å²) >= 11 is 3.42. The van der Waals surface area contributed by atoms with Gasteiger partial charge in [0.2, 0.25) is 0 Å². The molecule has 0 rings (SSSR count). The lowest BCUT2D eigenvalue weighted by Crippen LogP contribution is -2.25. The molecule has 0 saturated carbocycles. The van der Waals surface area contributed by atoms with Gasteiger partial charge < -0.3 is 5.32 Å². The highest BCUT2D eigenvalue weighted by Gasteiger charge is 1.94. The Kier molecular flexibility index (Phi) is 8.88. The molecular weight excluding hydrogens is 202 g/mol. The maximum atomic E-state index is 3.48. The standard InChI is InChI=1S/C9H20BrN/c1-3-9(2)11-8-6-4-5-7-10/h9,11H,3-8H2,1-2H3. The molecule has 0 aliphatic heterocycles. The van der Waals surface area contributed by atoms with E-state index in [9.17, 15) is 0 Å². The number of alkyl halides is 1. The summed E-state index contributed by atoms with van der Waals surface area (Å²) in [7, 11) is 0. The van der Waals surface area contributed by atoms with E-state index < -0.39 is 0 Å². The van der Waals surface area contributed by atoms with Gasteiger partial charge in [0.05, 0.1) is 0 Å². The second-order valence-corrected chi connectivity index (χ2v) is 3.81. The molecular formula is C9H20BrN. The lowest BCUT2D eigenvalue weighted by atomic mass is 10.2. The van der Waals surface area contributed by atoms with Crippen molar-refractivity contribution in [1.82, 2.24) is 5.32 Å². The van der Waals surface area contributed by atoms with Crippen LogP contribution in [0.3, 0.4) is 0 Å². The molecule has 0 fully saturated rings. The van der Waals surface area contributed by atoms with E-state index in [1.807, 2.05) is 0 Å². The molecule has 0 heterocycles. The second-order valence-electron chi connectivity index (χ2n) is 3.01. The Labute approximate surface area is 79.1 Å². The van der Waals surface area contributed by atoms with Crippen LogP contribution in [0.25, 0.3) is 0 Å². The summed E-state index contributed by atoms with van der Waals surface area (Å²) in [6.45, 7) is 5.64. The van der Waals surface area contributed by atoms with Gasteiger partial charge in [0, 0.05) is 11.4 Å². The van der Waals surface area contributed by atoms with Gasteiger partial charge in [-0.25, -0.2) is 0 Å². The van der Waals surface area contributed by atoms with Crippen LogP contribution in [-0.2, 0) is 0 Å². The van der Waals surface area contributed by atoms with E-state index in [1.54, 1.807) is 0 Å². The van der Waals surface area contributed by atoms with Crippen molar-refractivity contribution in [2.45, 2.75) is 45.6 Å². The Morgan fingerprint density at radius 2 is 2.00 bits per heavy atom. The Morgan fingerprint density at radius 1 is 1.27 bits per heavy atom. The first-order valence-corrected chi connectivity index (χ1v) is 5.72. The van der Waals surface area contributed by atoms with Crippen LogP contribution in [-0.4, -0.2) is 17.9 Å². The minimum Gasteiger partial charge on any atom is -0.314 e. The first-order valence-electron chi connectivity index (χ1n) is 4.60. The monoisotopic (exact) mass is 221 g/mol. The van der Waals surface area contributed by atoms with E-state index >= 15 is 0 Å². The minimum absolute atomic E-state index is 0.693. The van der Waals surface area contributed by atoms with Gasteiger partial charge in [-0.1, -0.05) is 29.3 Å². The van der Waals surface area contributed by atoms with E-state index in [4.69, 9.17) is 0 Å². The van der Waals surface area contributed by atoms with Gasteiger partial charge >= 0.3 is 0 Å². The molecule has 1 N–H and O–H groups in total. The van der Waals surface area contributed by atoms with Crippen molar-refractivity contribution >= 4 is 15.9 Å². The van der Waals surface area contributed by atoms with E-state index in [1.165, 1.54) is 32.2 Å². The van der Waals surface area contributed by atoms with E-state index in [0.29, 0.717) is 6.04 Å². The van der Waals surface area contributed by atoms with Crippen molar-refractivity contribution in [2.24, 2.45) is 0 Å². The van der Waals surface area contributed by atoms with Gasteiger partial charge in [-0.15, -0.1) is 0 Å². The molecule has 0 amide bonds. The van der Waals surface area contributed by atoms with Crippen LogP contribution in [0.5, 0.6) is 0 Å². The van der Waals surface area contributed by atoms with Crippen molar-refractivity contribution in [2.75, 3.05) is 11.9 Å². The third-order valence-electron chi connectivity index (χ3n) is 1.92. The Hall–Kier alpha value is 0.440. The summed E-state index contributed by atoms with van der Waals surface area (Å²) in [5.41, 5.74) is 0. The fourth-order valence-electron chi connectivity index (χ4n) is 0.889. The quantitative estimate of drug-likeness (QED) is 0.515. The van der Waals surface area contributed by atoms with Crippen molar-refractivity contribution in [1.29, 1.82) is 0 Å². The van der Waals surface area contributed by atoms with Gasteiger partial charge in [-0.05, 0) is 32.7 Å². The third kappa shape index (κ3) is 8.35. The minimum atomic E-state index is 0.693. The molecule has 0 aliphatic rings. The molecule has 0 bridgehead atoms. The van der Waals surface area contributed by atoms with Crippen LogP contribution in [0.2, 0.25) is 0 Å². The zero-order valence-electron chi connectivity index (χ0n) is 7.70. The van der Waals surface area contributed by atoms with Gasteiger partial charge in [-0.3, -0.25) is 0 Å². The molecule has 2 heteroatoms. The summed E-state index contributed by atoms with van der Waals surface area (Å²) in [4.78, 5) is 0. The molecule has 1 atom stereocenters. The normalized spacial score (nSPS) is 13.4. The largest absolute Gasteiger partial charge is 0.314 e. The highest BCUT2D eigenvalue weighted by molar-refractivity contribution is 9.09. The molecule has 68 valence electrons. The van der Waals surface area contributed by atoms with E-state index in [-0.39, 0.29) is 0 Å². The fraction of sp³-hybridized carbons (Fsp3) is 1.00. The summed E-state index contributed by atoms with van der Waals surface area (Å²) < 4.78 is 0. The van der Waals surface area contributed by atoms with Crippen molar-refractivity contribution in [3.8, 4) is 0 Å². The van der Waals surface area contributed by atoms with Crippen molar-refractivity contribution < 1.29 is 0 Å². The maximum absolute atomic E-state index is 3.48. The zero-order valence-corrected chi connectivity index (χ0v) is 9.28. The molecule has 0 aliphatic carbocycles. The molecule has 0 aromatic heterocycles. The fourth-order valence-corrected chi connectivity index (χ4v) is 1.29. The molecule has 0 aromatic carbocycles. The molecule has 0 aromatic rings. The van der Waals surface area contributed by atoms with Crippen LogP contribution in [0.1, 0.15) is 39.5 Å². The molecule has 11 heavy (non-hydrogen) atoms. The van der Waals surface area contributed by atoms with Crippen LogP contribution in [0.15, 0.2) is 0 Å². The summed E-state index contributed by atoms with van der Waals surface area (Å²) in [5, 5.41) is 4.63. The maximum Gasteiger partial charge on any atom is 0.00360 e. The SMILES string of the molecule is CCC(C)NCCCCCBr. The summed E-state index contributed by atoms with van der Waals surface area (Å²) in [6, 6.07) is 0.693. The zero-order chi connectivity index (χ0) is 8.53. The van der Waals surface area contributed by atoms with Crippen LogP contribution < -0.4 is 5.32 Å². The molecule has 1 nitrogen and oxygen atoms in total. The number of rotatable bonds is 7. The number of nitrogens with one attached hydrogen (secondary N) is 1. The predicted octanol–water partition coefficient (Wildman–Crippen LogP) is 2.94. The third-order valence-corrected chi connectivity index (χ3v) is 2.48. The summed E-state index contributed by atoms with van der Waals surface area (Å²) in [6.07, 6.45) is 5.20. The highest BCUT2D eigenvalue weighted by atomic mass is 79.9. The Morgan fingerprint density at radius 3 is 2.55 bits per heavy atom. The average Bonchev–Trinajstić information content (AvgIpc) is 2.04. The lowest BCUT2D eigenvalue weighted by molar-refractivity contribution is 0.515.